The molecule has 0 saturated carbocycles. The van der Waals surface area contributed by atoms with Crippen LogP contribution in [0.25, 0.3) is 0 Å². The van der Waals surface area contributed by atoms with Gasteiger partial charge in [-0.25, -0.2) is 4.79 Å². The lowest BCUT2D eigenvalue weighted by Gasteiger charge is -2.28. The number of thiocarbonyl (C=S) groups is 1. The van der Waals surface area contributed by atoms with Crippen LogP contribution in [0.15, 0.2) is 48.5 Å². The molecule has 0 fully saturated rings. The first-order chi connectivity index (χ1) is 13.1. The average Bonchev–Trinajstić information content (AvgIpc) is 2.60. The van der Waals surface area contributed by atoms with Gasteiger partial charge in [-0.05, 0) is 49.0 Å². The quantitative estimate of drug-likeness (QED) is 0.305. The van der Waals surface area contributed by atoms with Crippen molar-refractivity contribution in [1.29, 1.82) is 0 Å². The van der Waals surface area contributed by atoms with Gasteiger partial charge < -0.3 is 21.1 Å². The molecule has 0 aromatic heterocycles. The number of halogens is 3. The lowest BCUT2D eigenvalue weighted by atomic mass is 10.1. The molecule has 1 amide bonds. The molecular weight excluding hydrogens is 445 g/mol. The van der Waals surface area contributed by atoms with E-state index in [-0.39, 0.29) is 10.7 Å². The number of amides is 1. The molecule has 0 bridgehead atoms. The number of benzene rings is 2. The molecule has 28 heavy (non-hydrogen) atoms. The number of rotatable bonds is 5. The zero-order chi connectivity index (χ0) is 20.9. The first-order valence-electron chi connectivity index (χ1n) is 7.92. The van der Waals surface area contributed by atoms with Crippen LogP contribution in [0.2, 0.25) is 0 Å². The standard InChI is InChI=1S/C18H16Cl3N3O3S/c1-10-5-2-3-8-13(10)14(25)23-16(18(19,20)21)24-17(28)22-12-7-4-6-11(9-12)15(26)27/h2-9,16H,1H3,(H,23,25)(H,26,27)(H2,22,24,28). The van der Waals surface area contributed by atoms with Gasteiger partial charge in [0.15, 0.2) is 5.11 Å². The van der Waals surface area contributed by atoms with Crippen LogP contribution in [0.5, 0.6) is 0 Å². The monoisotopic (exact) mass is 459 g/mol. The van der Waals surface area contributed by atoms with E-state index in [1.165, 1.54) is 12.1 Å². The molecule has 0 heterocycles. The van der Waals surface area contributed by atoms with Crippen LogP contribution in [0, 0.1) is 6.92 Å². The predicted octanol–water partition coefficient (Wildman–Crippen LogP) is 4.11. The number of hydrogen-bond acceptors (Lipinski definition) is 3. The fourth-order valence-corrected chi connectivity index (χ4v) is 2.83. The third-order valence-corrected chi connectivity index (χ3v) is 4.51. The van der Waals surface area contributed by atoms with Crippen LogP contribution in [0.1, 0.15) is 26.3 Å². The first-order valence-corrected chi connectivity index (χ1v) is 9.46. The summed E-state index contributed by atoms with van der Waals surface area (Å²) in [5.41, 5.74) is 1.69. The van der Waals surface area contributed by atoms with E-state index in [1.54, 1.807) is 43.3 Å². The van der Waals surface area contributed by atoms with Crippen LogP contribution in [0.4, 0.5) is 5.69 Å². The van der Waals surface area contributed by atoms with Gasteiger partial charge in [-0.15, -0.1) is 0 Å². The molecule has 0 aliphatic rings. The fraction of sp³-hybridized carbons (Fsp3) is 0.167. The van der Waals surface area contributed by atoms with Crippen molar-refractivity contribution in [2.45, 2.75) is 16.9 Å². The molecule has 10 heteroatoms. The summed E-state index contributed by atoms with van der Waals surface area (Å²) in [6.45, 7) is 1.79. The predicted molar refractivity (Wildman–Crippen MR) is 115 cm³/mol. The molecule has 0 radical (unpaired) electrons. The van der Waals surface area contributed by atoms with E-state index in [9.17, 15) is 9.59 Å². The number of nitrogens with one attached hydrogen (secondary N) is 3. The fourth-order valence-electron chi connectivity index (χ4n) is 2.26. The summed E-state index contributed by atoms with van der Waals surface area (Å²) >= 11 is 23.1. The zero-order valence-electron chi connectivity index (χ0n) is 14.5. The average molecular weight is 461 g/mol. The normalized spacial score (nSPS) is 12.0. The smallest absolute Gasteiger partial charge is 0.335 e. The summed E-state index contributed by atoms with van der Waals surface area (Å²) in [4.78, 5) is 23.6. The number of aryl methyl sites for hydroxylation is 1. The minimum Gasteiger partial charge on any atom is -0.478 e. The topological polar surface area (TPSA) is 90.5 Å². The summed E-state index contributed by atoms with van der Waals surface area (Å²) in [5, 5.41) is 17.2. The van der Waals surface area contributed by atoms with Gasteiger partial charge in [-0.3, -0.25) is 4.79 Å². The lowest BCUT2D eigenvalue weighted by molar-refractivity contribution is 0.0696. The van der Waals surface area contributed by atoms with Gasteiger partial charge >= 0.3 is 5.97 Å². The van der Waals surface area contributed by atoms with Gasteiger partial charge in [0.05, 0.1) is 5.56 Å². The third kappa shape index (κ3) is 6.24. The van der Waals surface area contributed by atoms with Crippen LogP contribution in [-0.4, -0.2) is 32.1 Å². The molecule has 0 saturated heterocycles. The van der Waals surface area contributed by atoms with Crippen molar-refractivity contribution in [1.82, 2.24) is 10.6 Å². The SMILES string of the molecule is Cc1ccccc1C(=O)NC(NC(=S)Nc1cccc(C(=O)O)c1)C(Cl)(Cl)Cl. The number of carboxylic acids is 1. The lowest BCUT2D eigenvalue weighted by Crippen LogP contribution is -2.56. The number of carbonyl (C=O) groups excluding carboxylic acids is 1. The van der Waals surface area contributed by atoms with E-state index in [0.717, 1.165) is 5.56 Å². The highest BCUT2D eigenvalue weighted by Gasteiger charge is 2.35. The third-order valence-electron chi connectivity index (χ3n) is 3.64. The number of hydrogen-bond donors (Lipinski definition) is 4. The summed E-state index contributed by atoms with van der Waals surface area (Å²) in [6, 6.07) is 13.0. The molecule has 2 aromatic rings. The van der Waals surface area contributed by atoms with Crippen LogP contribution >= 0.6 is 47.0 Å². The number of aromatic carboxylic acids is 1. The second-order valence-corrected chi connectivity index (χ2v) is 8.52. The second-order valence-electron chi connectivity index (χ2n) is 5.75. The van der Waals surface area contributed by atoms with Crippen molar-refractivity contribution in [3.05, 3.63) is 65.2 Å². The maximum Gasteiger partial charge on any atom is 0.335 e. The van der Waals surface area contributed by atoms with E-state index in [4.69, 9.17) is 52.1 Å². The van der Waals surface area contributed by atoms with Gasteiger partial charge in [-0.2, -0.15) is 0 Å². The van der Waals surface area contributed by atoms with Gasteiger partial charge in [0, 0.05) is 11.3 Å². The van der Waals surface area contributed by atoms with Gasteiger partial charge in [-0.1, -0.05) is 59.1 Å². The highest BCUT2D eigenvalue weighted by atomic mass is 35.6. The number of anilines is 1. The molecule has 2 rings (SSSR count). The van der Waals surface area contributed by atoms with Crippen molar-refractivity contribution >= 4 is 69.7 Å². The van der Waals surface area contributed by atoms with E-state index in [1.807, 2.05) is 0 Å². The summed E-state index contributed by atoms with van der Waals surface area (Å²) in [5.74, 6) is -1.52. The van der Waals surface area contributed by atoms with Crippen LogP contribution < -0.4 is 16.0 Å². The molecule has 2 aromatic carbocycles. The summed E-state index contributed by atoms with van der Waals surface area (Å²) < 4.78 is -1.91. The molecule has 4 N–H and O–H groups in total. The van der Waals surface area contributed by atoms with Crippen LogP contribution in [-0.2, 0) is 0 Å². The van der Waals surface area contributed by atoms with Gasteiger partial charge in [0.2, 0.25) is 3.79 Å². The van der Waals surface area contributed by atoms with Gasteiger partial charge in [0.1, 0.15) is 6.17 Å². The Kier molecular flexibility index (Phi) is 7.48. The molecule has 0 aliphatic heterocycles. The Labute approximate surface area is 182 Å². The first kappa shape index (κ1) is 22.2. The Balaban J connectivity index is 2.11. The minimum atomic E-state index is -1.91. The minimum absolute atomic E-state index is 0.0314. The Bertz CT molecular complexity index is 903. The molecule has 1 atom stereocenters. The molecule has 0 aliphatic carbocycles. The highest BCUT2D eigenvalue weighted by Crippen LogP contribution is 2.29. The molecule has 148 valence electrons. The Morgan fingerprint density at radius 2 is 1.75 bits per heavy atom. The van der Waals surface area contributed by atoms with Crippen molar-refractivity contribution in [3.63, 3.8) is 0 Å². The summed E-state index contributed by atoms with van der Waals surface area (Å²) in [6.07, 6.45) is -1.15. The zero-order valence-corrected chi connectivity index (χ0v) is 17.6. The molecule has 1 unspecified atom stereocenters. The Morgan fingerprint density at radius 3 is 2.36 bits per heavy atom. The molecular formula is C18H16Cl3N3O3S. The number of carbonyl (C=O) groups is 2. The van der Waals surface area contributed by atoms with Crippen molar-refractivity contribution in [2.24, 2.45) is 0 Å². The Hall–Kier alpha value is -2.06. The van der Waals surface area contributed by atoms with E-state index >= 15 is 0 Å². The number of carboxylic acid groups (broad SMARTS) is 1. The second kappa shape index (κ2) is 9.43. The highest BCUT2D eigenvalue weighted by molar-refractivity contribution is 7.80. The molecule has 0 spiro atoms. The molecule has 6 nitrogen and oxygen atoms in total. The summed E-state index contributed by atoms with van der Waals surface area (Å²) in [7, 11) is 0. The van der Waals surface area contributed by atoms with Crippen molar-refractivity contribution < 1.29 is 14.7 Å². The van der Waals surface area contributed by atoms with Gasteiger partial charge in [0.25, 0.3) is 5.91 Å². The van der Waals surface area contributed by atoms with Crippen LogP contribution in [0.3, 0.4) is 0 Å². The maximum absolute atomic E-state index is 12.5. The largest absolute Gasteiger partial charge is 0.478 e. The van der Waals surface area contributed by atoms with E-state index < -0.39 is 21.8 Å². The maximum atomic E-state index is 12.5. The van der Waals surface area contributed by atoms with E-state index in [2.05, 4.69) is 16.0 Å². The number of alkyl halides is 3. The van der Waals surface area contributed by atoms with Crippen molar-refractivity contribution in [3.8, 4) is 0 Å². The van der Waals surface area contributed by atoms with Crippen molar-refractivity contribution in [2.75, 3.05) is 5.32 Å². The van der Waals surface area contributed by atoms with E-state index in [0.29, 0.717) is 11.3 Å². The Morgan fingerprint density at radius 1 is 1.07 bits per heavy atom.